The van der Waals surface area contributed by atoms with E-state index >= 15 is 0 Å². The Morgan fingerprint density at radius 3 is 2.75 bits per heavy atom. The summed E-state index contributed by atoms with van der Waals surface area (Å²) in [6.45, 7) is 5.70. The molecule has 1 fully saturated rings. The summed E-state index contributed by atoms with van der Waals surface area (Å²) in [5, 5.41) is 3.14. The number of imidazole rings is 1. The molecule has 1 heterocycles. The van der Waals surface area contributed by atoms with Crippen LogP contribution in [0.3, 0.4) is 0 Å². The summed E-state index contributed by atoms with van der Waals surface area (Å²) in [5.74, 6) is 2.28. The molecular weight excluding hydrogens is 398 g/mol. The smallest absolute Gasteiger partial charge is 0.223 e. The van der Waals surface area contributed by atoms with Crippen LogP contribution in [0.5, 0.6) is 5.75 Å². The molecule has 1 aliphatic rings. The minimum atomic E-state index is 0.187. The highest BCUT2D eigenvalue weighted by Gasteiger charge is 2.20. The summed E-state index contributed by atoms with van der Waals surface area (Å²) in [5.41, 5.74) is 3.22. The summed E-state index contributed by atoms with van der Waals surface area (Å²) in [7, 11) is 0. The summed E-state index contributed by atoms with van der Waals surface area (Å²) in [4.78, 5) is 17.3. The molecule has 0 unspecified atom stereocenters. The van der Waals surface area contributed by atoms with Crippen LogP contribution in [0.2, 0.25) is 0 Å². The van der Waals surface area contributed by atoms with Crippen LogP contribution in [-0.4, -0.2) is 28.6 Å². The Bertz CT molecular complexity index is 1050. The van der Waals surface area contributed by atoms with Crippen LogP contribution >= 0.6 is 0 Å². The number of para-hydroxylation sites is 3. The largest absolute Gasteiger partial charge is 0.491 e. The molecule has 168 valence electrons. The molecule has 0 spiro atoms. The lowest BCUT2D eigenvalue weighted by atomic mass is 9.89. The number of hydrogen-bond acceptors (Lipinski definition) is 3. The molecule has 5 heteroatoms. The van der Waals surface area contributed by atoms with Crippen molar-refractivity contribution in [1.82, 2.24) is 14.9 Å². The van der Waals surface area contributed by atoms with Gasteiger partial charge in [-0.15, -0.1) is 6.58 Å². The highest BCUT2D eigenvalue weighted by Crippen LogP contribution is 2.24. The fourth-order valence-corrected chi connectivity index (χ4v) is 4.59. The van der Waals surface area contributed by atoms with E-state index in [0.717, 1.165) is 47.4 Å². The Labute approximate surface area is 190 Å². The normalized spacial score (nSPS) is 14.4. The number of allylic oxidation sites excluding steroid dienone is 1. The first kappa shape index (κ1) is 22.1. The molecule has 4 rings (SSSR count). The predicted octanol–water partition coefficient (Wildman–Crippen LogP) is 5.08. The van der Waals surface area contributed by atoms with E-state index < -0.39 is 0 Å². The number of fused-ring (bicyclic) bond motifs is 1. The fourth-order valence-electron chi connectivity index (χ4n) is 4.59. The first-order valence-corrected chi connectivity index (χ1v) is 11.8. The number of carbonyl (C=O) groups is 1. The van der Waals surface area contributed by atoms with Crippen LogP contribution in [0, 0.1) is 5.92 Å². The Hall–Kier alpha value is -3.08. The molecule has 0 aliphatic heterocycles. The van der Waals surface area contributed by atoms with Gasteiger partial charge in [-0.05, 0) is 43.0 Å². The first-order valence-electron chi connectivity index (χ1n) is 11.8. The van der Waals surface area contributed by atoms with Gasteiger partial charge in [-0.3, -0.25) is 4.79 Å². The predicted molar refractivity (Wildman–Crippen MR) is 129 cm³/mol. The number of benzene rings is 2. The Balaban J connectivity index is 1.40. The maximum Gasteiger partial charge on any atom is 0.223 e. The molecule has 0 atom stereocenters. The van der Waals surface area contributed by atoms with Crippen LogP contribution in [0.25, 0.3) is 11.0 Å². The van der Waals surface area contributed by atoms with Gasteiger partial charge in [0.05, 0.1) is 17.6 Å². The number of aromatic nitrogens is 2. The van der Waals surface area contributed by atoms with Crippen LogP contribution in [0.4, 0.5) is 0 Å². The topological polar surface area (TPSA) is 56.1 Å². The second kappa shape index (κ2) is 11.0. The maximum atomic E-state index is 12.5. The Morgan fingerprint density at radius 1 is 1.12 bits per heavy atom. The third-order valence-electron chi connectivity index (χ3n) is 6.27. The van der Waals surface area contributed by atoms with Gasteiger partial charge in [-0.1, -0.05) is 55.7 Å². The molecule has 0 bridgehead atoms. The molecule has 1 saturated carbocycles. The Morgan fingerprint density at radius 2 is 1.91 bits per heavy atom. The number of nitrogens with one attached hydrogen (secondary N) is 1. The van der Waals surface area contributed by atoms with E-state index in [-0.39, 0.29) is 11.8 Å². The number of carbonyl (C=O) groups excluding carboxylic acids is 1. The molecule has 0 saturated heterocycles. The first-order chi connectivity index (χ1) is 15.8. The molecule has 1 amide bonds. The highest BCUT2D eigenvalue weighted by atomic mass is 16.5. The van der Waals surface area contributed by atoms with Gasteiger partial charge in [0.1, 0.15) is 18.2 Å². The minimum Gasteiger partial charge on any atom is -0.491 e. The van der Waals surface area contributed by atoms with Gasteiger partial charge >= 0.3 is 0 Å². The van der Waals surface area contributed by atoms with Crippen molar-refractivity contribution in [3.63, 3.8) is 0 Å². The second-order valence-corrected chi connectivity index (χ2v) is 8.49. The molecule has 1 N–H and O–H groups in total. The SMILES string of the molecule is C=CCc1ccccc1OCCn1c(CCNC(=O)C2CCCCC2)nc2ccccc21. The van der Waals surface area contributed by atoms with Crippen molar-refractivity contribution in [2.24, 2.45) is 5.92 Å². The van der Waals surface area contributed by atoms with Crippen molar-refractivity contribution >= 4 is 16.9 Å². The highest BCUT2D eigenvalue weighted by molar-refractivity contribution is 5.78. The van der Waals surface area contributed by atoms with E-state index in [1.165, 1.54) is 19.3 Å². The van der Waals surface area contributed by atoms with Crippen molar-refractivity contribution in [1.29, 1.82) is 0 Å². The minimum absolute atomic E-state index is 0.187. The van der Waals surface area contributed by atoms with E-state index in [9.17, 15) is 4.79 Å². The maximum absolute atomic E-state index is 12.5. The number of rotatable bonds is 10. The number of ether oxygens (including phenoxy) is 1. The molecular formula is C27H33N3O2. The summed E-state index contributed by atoms with van der Waals surface area (Å²) >= 11 is 0. The zero-order valence-electron chi connectivity index (χ0n) is 18.8. The summed E-state index contributed by atoms with van der Waals surface area (Å²) in [6, 6.07) is 16.3. The van der Waals surface area contributed by atoms with Gasteiger partial charge in [-0.25, -0.2) is 4.98 Å². The van der Waals surface area contributed by atoms with Gasteiger partial charge in [0.15, 0.2) is 0 Å². The van der Waals surface area contributed by atoms with Crippen LogP contribution in [0.1, 0.15) is 43.5 Å². The zero-order chi connectivity index (χ0) is 22.2. The number of hydrogen-bond donors (Lipinski definition) is 1. The summed E-state index contributed by atoms with van der Waals surface area (Å²) in [6.07, 6.45) is 9.03. The third kappa shape index (κ3) is 5.39. The molecule has 2 aromatic carbocycles. The van der Waals surface area contributed by atoms with Gasteiger partial charge < -0.3 is 14.6 Å². The van der Waals surface area contributed by atoms with Crippen molar-refractivity contribution in [2.75, 3.05) is 13.2 Å². The zero-order valence-corrected chi connectivity index (χ0v) is 18.8. The summed E-state index contributed by atoms with van der Waals surface area (Å²) < 4.78 is 8.34. The van der Waals surface area contributed by atoms with Gasteiger partial charge in [0.2, 0.25) is 5.91 Å². The molecule has 1 aliphatic carbocycles. The lowest BCUT2D eigenvalue weighted by molar-refractivity contribution is -0.125. The lowest BCUT2D eigenvalue weighted by Gasteiger charge is -2.20. The van der Waals surface area contributed by atoms with Gasteiger partial charge in [0.25, 0.3) is 0 Å². The molecule has 32 heavy (non-hydrogen) atoms. The third-order valence-corrected chi connectivity index (χ3v) is 6.27. The van der Waals surface area contributed by atoms with Gasteiger partial charge in [0, 0.05) is 18.9 Å². The van der Waals surface area contributed by atoms with Gasteiger partial charge in [-0.2, -0.15) is 0 Å². The van der Waals surface area contributed by atoms with Crippen molar-refractivity contribution in [2.45, 2.75) is 51.5 Å². The molecule has 1 aromatic heterocycles. The lowest BCUT2D eigenvalue weighted by Crippen LogP contribution is -2.33. The number of amides is 1. The van der Waals surface area contributed by atoms with E-state index in [0.29, 0.717) is 26.1 Å². The monoisotopic (exact) mass is 431 g/mol. The van der Waals surface area contributed by atoms with Crippen LogP contribution < -0.4 is 10.1 Å². The molecule has 5 nitrogen and oxygen atoms in total. The van der Waals surface area contributed by atoms with Crippen LogP contribution in [0.15, 0.2) is 61.2 Å². The van der Waals surface area contributed by atoms with Crippen molar-refractivity contribution in [3.8, 4) is 5.75 Å². The van der Waals surface area contributed by atoms with E-state index in [1.807, 2.05) is 42.5 Å². The van der Waals surface area contributed by atoms with Crippen molar-refractivity contribution < 1.29 is 9.53 Å². The van der Waals surface area contributed by atoms with Crippen molar-refractivity contribution in [3.05, 3.63) is 72.6 Å². The van der Waals surface area contributed by atoms with E-state index in [4.69, 9.17) is 9.72 Å². The van der Waals surface area contributed by atoms with E-state index in [1.54, 1.807) is 0 Å². The Kier molecular flexibility index (Phi) is 7.59. The molecule has 0 radical (unpaired) electrons. The average Bonchev–Trinajstić information content (AvgIpc) is 3.18. The second-order valence-electron chi connectivity index (χ2n) is 8.49. The fraction of sp³-hybridized carbons (Fsp3) is 0.407. The number of nitrogens with zero attached hydrogens (tertiary/aromatic N) is 2. The van der Waals surface area contributed by atoms with E-state index in [2.05, 4.69) is 28.6 Å². The quantitative estimate of drug-likeness (QED) is 0.455. The average molecular weight is 432 g/mol. The standard InChI is InChI=1S/C27H33N3O2/c1-2-10-21-11-6-9-16-25(21)32-20-19-30-24-15-8-7-14-23(24)29-26(30)17-18-28-27(31)22-12-4-3-5-13-22/h2,6-9,11,14-16,22H,1,3-5,10,12-13,17-20H2,(H,28,31). The van der Waals surface area contributed by atoms with Crippen LogP contribution in [-0.2, 0) is 24.2 Å². The molecule has 3 aromatic rings.